The number of hydrogen-bond donors (Lipinski definition) is 0. The summed E-state index contributed by atoms with van der Waals surface area (Å²) in [5.41, 5.74) is -0.313. The second-order valence-corrected chi connectivity index (χ2v) is 6.33. The molecule has 1 heterocycles. The Kier molecular flexibility index (Phi) is 3.36. The highest BCUT2D eigenvalue weighted by molar-refractivity contribution is 9.13. The van der Waals surface area contributed by atoms with Crippen molar-refractivity contribution < 1.29 is 4.79 Å². The molecular weight excluding hydrogens is 316 g/mol. The van der Waals surface area contributed by atoms with Crippen molar-refractivity contribution in [3.63, 3.8) is 0 Å². The Morgan fingerprint density at radius 2 is 1.92 bits per heavy atom. The molecule has 0 fully saturated rings. The minimum absolute atomic E-state index is 0.176. The molecule has 0 aliphatic carbocycles. The first-order valence-corrected chi connectivity index (χ1v) is 6.28. The average molecular weight is 326 g/mol. The van der Waals surface area contributed by atoms with Crippen molar-refractivity contribution >= 4 is 49.0 Å². The van der Waals surface area contributed by atoms with Crippen LogP contribution >= 0.6 is 43.2 Å². The summed E-state index contributed by atoms with van der Waals surface area (Å²) in [4.78, 5) is 12.7. The van der Waals surface area contributed by atoms with Gasteiger partial charge in [0.25, 0.3) is 0 Å². The molecule has 1 aromatic heterocycles. The fraction of sp³-hybridized carbons (Fsp3) is 0.444. The van der Waals surface area contributed by atoms with E-state index >= 15 is 0 Å². The van der Waals surface area contributed by atoms with E-state index in [-0.39, 0.29) is 11.2 Å². The number of Topliss-reactive ketones (excluding diaryl/α,β-unsaturated/α-hetero) is 1. The van der Waals surface area contributed by atoms with Gasteiger partial charge in [0.05, 0.1) is 9.35 Å². The Bertz CT molecular complexity index is 336. The molecule has 0 radical (unpaired) electrons. The van der Waals surface area contributed by atoms with Crippen molar-refractivity contribution in [3.05, 3.63) is 19.2 Å². The summed E-state index contributed by atoms with van der Waals surface area (Å²) in [6.07, 6.45) is 0. The third-order valence-corrected chi connectivity index (χ3v) is 5.10. The van der Waals surface area contributed by atoms with E-state index in [2.05, 4.69) is 31.9 Å². The number of ketones is 1. The van der Waals surface area contributed by atoms with Crippen molar-refractivity contribution in [2.75, 3.05) is 0 Å². The maximum absolute atomic E-state index is 11.9. The van der Waals surface area contributed by atoms with Gasteiger partial charge in [-0.1, -0.05) is 20.8 Å². The molecule has 0 aliphatic heterocycles. The van der Waals surface area contributed by atoms with E-state index in [9.17, 15) is 4.79 Å². The molecule has 13 heavy (non-hydrogen) atoms. The molecule has 0 amide bonds. The van der Waals surface area contributed by atoms with E-state index in [0.717, 1.165) is 13.8 Å². The van der Waals surface area contributed by atoms with Crippen LogP contribution in [0.2, 0.25) is 0 Å². The number of thiophene rings is 1. The van der Waals surface area contributed by atoms with E-state index < -0.39 is 0 Å². The molecule has 1 aromatic rings. The minimum atomic E-state index is -0.313. The number of hydrogen-bond acceptors (Lipinski definition) is 2. The summed E-state index contributed by atoms with van der Waals surface area (Å²) in [5, 5.41) is 1.92. The summed E-state index contributed by atoms with van der Waals surface area (Å²) < 4.78 is 1.82. The summed E-state index contributed by atoms with van der Waals surface area (Å²) in [5.74, 6) is 0.176. The zero-order chi connectivity index (χ0) is 10.2. The van der Waals surface area contributed by atoms with Gasteiger partial charge in [0, 0.05) is 15.3 Å². The maximum Gasteiger partial charge on any atom is 0.179 e. The van der Waals surface area contributed by atoms with Crippen molar-refractivity contribution in [1.82, 2.24) is 0 Å². The van der Waals surface area contributed by atoms with Gasteiger partial charge in [-0.3, -0.25) is 4.79 Å². The van der Waals surface area contributed by atoms with Crippen LogP contribution in [0.25, 0.3) is 0 Å². The molecule has 0 atom stereocenters. The van der Waals surface area contributed by atoms with Crippen LogP contribution in [0.1, 0.15) is 30.4 Å². The van der Waals surface area contributed by atoms with Crippen LogP contribution in [0.15, 0.2) is 14.3 Å². The van der Waals surface area contributed by atoms with E-state index in [1.54, 1.807) is 0 Å². The van der Waals surface area contributed by atoms with Gasteiger partial charge >= 0.3 is 0 Å². The summed E-state index contributed by atoms with van der Waals surface area (Å²) >= 11 is 8.22. The van der Waals surface area contributed by atoms with Gasteiger partial charge in [0.15, 0.2) is 5.78 Å². The van der Waals surface area contributed by atoms with Crippen LogP contribution in [-0.4, -0.2) is 5.78 Å². The summed E-state index contributed by atoms with van der Waals surface area (Å²) in [6, 6.07) is 0. The minimum Gasteiger partial charge on any atom is -0.293 e. The molecule has 0 unspecified atom stereocenters. The highest BCUT2D eigenvalue weighted by Crippen LogP contribution is 2.36. The predicted octanol–water partition coefficient (Wildman–Crippen LogP) is 4.50. The lowest BCUT2D eigenvalue weighted by atomic mass is 9.90. The van der Waals surface area contributed by atoms with Crippen molar-refractivity contribution in [2.24, 2.45) is 5.41 Å². The highest BCUT2D eigenvalue weighted by Gasteiger charge is 2.26. The lowest BCUT2D eigenvalue weighted by Gasteiger charge is -2.15. The Hall–Kier alpha value is 0.330. The Balaban J connectivity index is 3.10. The Morgan fingerprint density at radius 3 is 2.23 bits per heavy atom. The summed E-state index contributed by atoms with van der Waals surface area (Å²) in [6.45, 7) is 5.78. The first-order valence-electron chi connectivity index (χ1n) is 3.81. The van der Waals surface area contributed by atoms with Gasteiger partial charge < -0.3 is 0 Å². The smallest absolute Gasteiger partial charge is 0.179 e. The Morgan fingerprint density at radius 1 is 1.38 bits per heavy atom. The van der Waals surface area contributed by atoms with Crippen LogP contribution in [0, 0.1) is 5.41 Å². The number of carbonyl (C=O) groups is 1. The third-order valence-electron chi connectivity index (χ3n) is 1.58. The predicted molar refractivity (Wildman–Crippen MR) is 63.5 cm³/mol. The lowest BCUT2D eigenvalue weighted by molar-refractivity contribution is 0.0862. The normalized spacial score (nSPS) is 11.8. The number of halogens is 2. The first kappa shape index (κ1) is 11.4. The van der Waals surface area contributed by atoms with E-state index in [1.807, 2.05) is 26.2 Å². The molecule has 72 valence electrons. The fourth-order valence-corrected chi connectivity index (χ4v) is 3.12. The van der Waals surface area contributed by atoms with Crippen molar-refractivity contribution in [2.45, 2.75) is 20.8 Å². The van der Waals surface area contributed by atoms with Gasteiger partial charge in [-0.25, -0.2) is 0 Å². The Labute approximate surface area is 98.8 Å². The largest absolute Gasteiger partial charge is 0.293 e. The number of rotatable bonds is 1. The molecule has 0 N–H and O–H groups in total. The monoisotopic (exact) mass is 324 g/mol. The van der Waals surface area contributed by atoms with Gasteiger partial charge in [-0.2, -0.15) is 0 Å². The standard InChI is InChI=1S/C9H10Br2OS/c1-9(2,3)8(12)7-6(11)5(10)4-13-7/h4H,1-3H3. The molecule has 1 nitrogen and oxygen atoms in total. The SMILES string of the molecule is CC(C)(C)C(=O)c1scc(Br)c1Br. The van der Waals surface area contributed by atoms with Crippen molar-refractivity contribution in [1.29, 1.82) is 0 Å². The van der Waals surface area contributed by atoms with Crippen LogP contribution in [0.5, 0.6) is 0 Å². The first-order chi connectivity index (χ1) is 5.84. The van der Waals surface area contributed by atoms with Crippen LogP contribution in [0.4, 0.5) is 0 Å². The van der Waals surface area contributed by atoms with E-state index in [1.165, 1.54) is 11.3 Å². The molecule has 0 aliphatic rings. The quantitative estimate of drug-likeness (QED) is 0.695. The second kappa shape index (κ2) is 3.83. The molecule has 0 bridgehead atoms. The molecular formula is C9H10Br2OS. The van der Waals surface area contributed by atoms with E-state index in [4.69, 9.17) is 0 Å². The molecule has 0 aromatic carbocycles. The topological polar surface area (TPSA) is 17.1 Å². The van der Waals surface area contributed by atoms with Gasteiger partial charge in [0.1, 0.15) is 0 Å². The molecule has 4 heteroatoms. The van der Waals surface area contributed by atoms with E-state index in [0.29, 0.717) is 0 Å². The zero-order valence-corrected chi connectivity index (χ0v) is 11.6. The lowest BCUT2D eigenvalue weighted by Crippen LogP contribution is -2.19. The van der Waals surface area contributed by atoms with Gasteiger partial charge in [-0.05, 0) is 31.9 Å². The molecule has 0 saturated heterocycles. The van der Waals surface area contributed by atoms with Crippen molar-refractivity contribution in [3.8, 4) is 0 Å². The van der Waals surface area contributed by atoms with Gasteiger partial charge in [0.2, 0.25) is 0 Å². The van der Waals surface area contributed by atoms with Crippen LogP contribution < -0.4 is 0 Å². The van der Waals surface area contributed by atoms with Crippen LogP contribution in [0.3, 0.4) is 0 Å². The van der Waals surface area contributed by atoms with Crippen LogP contribution in [-0.2, 0) is 0 Å². The summed E-state index contributed by atoms with van der Waals surface area (Å²) in [7, 11) is 0. The third kappa shape index (κ3) is 2.42. The fourth-order valence-electron chi connectivity index (χ4n) is 0.816. The van der Waals surface area contributed by atoms with Gasteiger partial charge in [-0.15, -0.1) is 11.3 Å². The maximum atomic E-state index is 11.9. The molecule has 1 rings (SSSR count). The average Bonchev–Trinajstić information content (AvgIpc) is 2.30. The second-order valence-electron chi connectivity index (χ2n) is 3.81. The highest BCUT2D eigenvalue weighted by atomic mass is 79.9. The molecule has 0 spiro atoms. The number of carbonyl (C=O) groups excluding carboxylic acids is 1. The zero-order valence-electron chi connectivity index (χ0n) is 7.65. The molecule has 0 saturated carbocycles.